The molecule has 4 nitrogen and oxygen atoms in total. The molecule has 17 heavy (non-hydrogen) atoms. The average molecular weight is 257 g/mol. The van der Waals surface area contributed by atoms with Crippen LogP contribution in [-0.2, 0) is 17.9 Å². The molecule has 0 bridgehead atoms. The number of thiazole rings is 1. The summed E-state index contributed by atoms with van der Waals surface area (Å²) in [6.45, 7) is 6.42. The SMILES string of the molecule is CCCNCc1nc(COCCN(C)C)cs1. The van der Waals surface area contributed by atoms with Gasteiger partial charge < -0.3 is 15.0 Å². The Hall–Kier alpha value is -0.490. The molecule has 0 amide bonds. The fraction of sp³-hybridized carbons (Fsp3) is 0.750. The summed E-state index contributed by atoms with van der Waals surface area (Å²) in [6.07, 6.45) is 1.16. The molecule has 0 saturated carbocycles. The topological polar surface area (TPSA) is 37.4 Å². The Labute approximate surface area is 108 Å². The molecule has 0 aliphatic heterocycles. The summed E-state index contributed by atoms with van der Waals surface area (Å²) in [5, 5.41) is 6.57. The lowest BCUT2D eigenvalue weighted by atomic mass is 10.5. The van der Waals surface area contributed by atoms with Gasteiger partial charge in [0.1, 0.15) is 5.01 Å². The predicted molar refractivity (Wildman–Crippen MR) is 72.3 cm³/mol. The van der Waals surface area contributed by atoms with E-state index >= 15 is 0 Å². The second-order valence-electron chi connectivity index (χ2n) is 4.27. The highest BCUT2D eigenvalue weighted by atomic mass is 32.1. The van der Waals surface area contributed by atoms with Gasteiger partial charge in [-0.25, -0.2) is 4.98 Å². The number of hydrogen-bond acceptors (Lipinski definition) is 5. The first-order chi connectivity index (χ1) is 8.22. The number of likely N-dealkylation sites (N-methyl/N-ethyl adjacent to an activating group) is 1. The molecule has 0 unspecified atom stereocenters. The third-order valence-electron chi connectivity index (χ3n) is 2.24. The number of ether oxygens (including phenoxy) is 1. The van der Waals surface area contributed by atoms with E-state index < -0.39 is 0 Å². The summed E-state index contributed by atoms with van der Waals surface area (Å²) in [6, 6.07) is 0. The van der Waals surface area contributed by atoms with Crippen LogP contribution in [0.5, 0.6) is 0 Å². The van der Waals surface area contributed by atoms with E-state index in [0.717, 1.165) is 43.4 Å². The van der Waals surface area contributed by atoms with Crippen molar-refractivity contribution in [3.63, 3.8) is 0 Å². The van der Waals surface area contributed by atoms with Gasteiger partial charge in [0.2, 0.25) is 0 Å². The molecule has 0 atom stereocenters. The third-order valence-corrected chi connectivity index (χ3v) is 3.13. The molecule has 1 rings (SSSR count). The molecule has 5 heteroatoms. The zero-order valence-corrected chi connectivity index (χ0v) is 11.8. The van der Waals surface area contributed by atoms with Crippen molar-refractivity contribution in [3.05, 3.63) is 16.1 Å². The van der Waals surface area contributed by atoms with Crippen LogP contribution in [-0.4, -0.2) is 43.7 Å². The molecule has 1 aromatic heterocycles. The monoisotopic (exact) mass is 257 g/mol. The maximum atomic E-state index is 5.55. The van der Waals surface area contributed by atoms with E-state index in [1.165, 1.54) is 0 Å². The molecule has 0 aromatic carbocycles. The average Bonchev–Trinajstić information content (AvgIpc) is 2.73. The van der Waals surface area contributed by atoms with Crippen molar-refractivity contribution in [2.75, 3.05) is 33.8 Å². The number of aromatic nitrogens is 1. The molecule has 0 radical (unpaired) electrons. The number of nitrogens with zero attached hydrogens (tertiary/aromatic N) is 2. The summed E-state index contributed by atoms with van der Waals surface area (Å²) in [4.78, 5) is 6.63. The van der Waals surface area contributed by atoms with Crippen LogP contribution in [0.2, 0.25) is 0 Å². The molecule has 0 saturated heterocycles. The van der Waals surface area contributed by atoms with Crippen LogP contribution < -0.4 is 5.32 Å². The van der Waals surface area contributed by atoms with Gasteiger partial charge in [-0.1, -0.05) is 6.92 Å². The van der Waals surface area contributed by atoms with Gasteiger partial charge in [0.25, 0.3) is 0 Å². The minimum Gasteiger partial charge on any atom is -0.374 e. The maximum Gasteiger partial charge on any atom is 0.107 e. The van der Waals surface area contributed by atoms with Gasteiger partial charge >= 0.3 is 0 Å². The van der Waals surface area contributed by atoms with Crippen LogP contribution >= 0.6 is 11.3 Å². The molecule has 0 spiro atoms. The first-order valence-electron chi connectivity index (χ1n) is 6.09. The molecular weight excluding hydrogens is 234 g/mol. The molecule has 0 aliphatic rings. The Kier molecular flexibility index (Phi) is 7.35. The van der Waals surface area contributed by atoms with Gasteiger partial charge in [-0.3, -0.25) is 0 Å². The minimum atomic E-state index is 0.623. The summed E-state index contributed by atoms with van der Waals surface area (Å²) in [7, 11) is 4.09. The van der Waals surface area contributed by atoms with Gasteiger partial charge in [-0.2, -0.15) is 0 Å². The third kappa shape index (κ3) is 6.73. The summed E-state index contributed by atoms with van der Waals surface area (Å²) in [5.41, 5.74) is 1.04. The maximum absolute atomic E-state index is 5.55. The normalized spacial score (nSPS) is 11.3. The summed E-state index contributed by atoms with van der Waals surface area (Å²) >= 11 is 1.70. The van der Waals surface area contributed by atoms with Crippen molar-refractivity contribution in [3.8, 4) is 0 Å². The van der Waals surface area contributed by atoms with E-state index in [9.17, 15) is 0 Å². The first kappa shape index (κ1) is 14.6. The first-order valence-corrected chi connectivity index (χ1v) is 6.96. The van der Waals surface area contributed by atoms with E-state index in [0.29, 0.717) is 6.61 Å². The van der Waals surface area contributed by atoms with Crippen LogP contribution in [0, 0.1) is 0 Å². The Morgan fingerprint density at radius 1 is 1.47 bits per heavy atom. The lowest BCUT2D eigenvalue weighted by Crippen LogP contribution is -2.18. The van der Waals surface area contributed by atoms with Crippen molar-refractivity contribution < 1.29 is 4.74 Å². The Balaban J connectivity index is 2.16. The number of nitrogens with one attached hydrogen (secondary N) is 1. The largest absolute Gasteiger partial charge is 0.374 e. The molecule has 1 N–H and O–H groups in total. The summed E-state index contributed by atoms with van der Waals surface area (Å²) < 4.78 is 5.55. The van der Waals surface area contributed by atoms with E-state index in [-0.39, 0.29) is 0 Å². The highest BCUT2D eigenvalue weighted by Crippen LogP contribution is 2.10. The van der Waals surface area contributed by atoms with E-state index in [2.05, 4.69) is 27.5 Å². The molecule has 98 valence electrons. The van der Waals surface area contributed by atoms with Crippen molar-refractivity contribution in [2.45, 2.75) is 26.5 Å². The van der Waals surface area contributed by atoms with Gasteiger partial charge in [-0.15, -0.1) is 11.3 Å². The Bertz CT molecular complexity index is 302. The summed E-state index contributed by atoms with van der Waals surface area (Å²) in [5.74, 6) is 0. The highest BCUT2D eigenvalue weighted by Gasteiger charge is 2.01. The molecular formula is C12H23N3OS. The zero-order valence-electron chi connectivity index (χ0n) is 11.0. The molecule has 0 fully saturated rings. The van der Waals surface area contributed by atoms with Gasteiger partial charge in [-0.05, 0) is 27.1 Å². The molecule has 0 aliphatic carbocycles. The van der Waals surface area contributed by atoms with Crippen molar-refractivity contribution in [1.29, 1.82) is 0 Å². The van der Waals surface area contributed by atoms with Crippen LogP contribution in [0.1, 0.15) is 24.0 Å². The lowest BCUT2D eigenvalue weighted by molar-refractivity contribution is 0.103. The smallest absolute Gasteiger partial charge is 0.107 e. The van der Waals surface area contributed by atoms with Crippen LogP contribution in [0.4, 0.5) is 0 Å². The Morgan fingerprint density at radius 2 is 2.29 bits per heavy atom. The van der Waals surface area contributed by atoms with Crippen LogP contribution in [0.3, 0.4) is 0 Å². The van der Waals surface area contributed by atoms with Gasteiger partial charge in [0.05, 0.1) is 18.9 Å². The quantitative estimate of drug-likeness (QED) is 0.684. The fourth-order valence-electron chi connectivity index (χ4n) is 1.29. The Morgan fingerprint density at radius 3 is 3.00 bits per heavy atom. The van der Waals surface area contributed by atoms with E-state index in [1.54, 1.807) is 11.3 Å². The van der Waals surface area contributed by atoms with Crippen LogP contribution in [0.25, 0.3) is 0 Å². The highest BCUT2D eigenvalue weighted by molar-refractivity contribution is 7.09. The van der Waals surface area contributed by atoms with Crippen LogP contribution in [0.15, 0.2) is 5.38 Å². The molecule has 1 heterocycles. The number of rotatable bonds is 9. The standard InChI is InChI=1S/C12H23N3OS/c1-4-5-13-8-12-14-11(10-17-12)9-16-7-6-15(2)3/h10,13H,4-9H2,1-3H3. The number of hydrogen-bond donors (Lipinski definition) is 1. The van der Waals surface area contributed by atoms with E-state index in [4.69, 9.17) is 4.74 Å². The van der Waals surface area contributed by atoms with Crippen molar-refractivity contribution in [2.24, 2.45) is 0 Å². The van der Waals surface area contributed by atoms with E-state index in [1.807, 2.05) is 14.1 Å². The molecule has 1 aromatic rings. The van der Waals surface area contributed by atoms with Crippen molar-refractivity contribution in [1.82, 2.24) is 15.2 Å². The second-order valence-corrected chi connectivity index (χ2v) is 5.21. The zero-order chi connectivity index (χ0) is 12.5. The fourth-order valence-corrected chi connectivity index (χ4v) is 2.04. The van der Waals surface area contributed by atoms with Gasteiger partial charge in [0, 0.05) is 18.5 Å². The van der Waals surface area contributed by atoms with Gasteiger partial charge in [0.15, 0.2) is 0 Å². The predicted octanol–water partition coefficient (Wildman–Crippen LogP) is 1.72. The van der Waals surface area contributed by atoms with Crippen molar-refractivity contribution >= 4 is 11.3 Å². The second kappa shape index (κ2) is 8.58. The lowest BCUT2D eigenvalue weighted by Gasteiger charge is -2.08. The minimum absolute atomic E-state index is 0.623.